The number of aliphatic hydroxyl groups is 1. The monoisotopic (exact) mass is 451 g/mol. The van der Waals surface area contributed by atoms with E-state index in [1.807, 2.05) is 19.1 Å². The second kappa shape index (κ2) is 8.84. The highest BCUT2D eigenvalue weighted by Crippen LogP contribution is 2.35. The van der Waals surface area contributed by atoms with Crippen LogP contribution in [-0.2, 0) is 13.2 Å². The molecule has 0 saturated carbocycles. The van der Waals surface area contributed by atoms with Crippen LogP contribution in [0.5, 0.6) is 0 Å². The predicted molar refractivity (Wildman–Crippen MR) is 115 cm³/mol. The van der Waals surface area contributed by atoms with Gasteiger partial charge in [-0.1, -0.05) is 30.9 Å². The van der Waals surface area contributed by atoms with Gasteiger partial charge in [0.25, 0.3) is 5.91 Å². The predicted octanol–water partition coefficient (Wildman–Crippen LogP) is 4.82. The third kappa shape index (κ3) is 4.83. The molecule has 1 N–H and O–H groups in total. The van der Waals surface area contributed by atoms with E-state index in [0.717, 1.165) is 27.7 Å². The number of amides is 1. The van der Waals surface area contributed by atoms with Crippen LogP contribution in [0.25, 0.3) is 10.6 Å². The van der Waals surface area contributed by atoms with Crippen LogP contribution < -0.4 is 0 Å². The molecule has 0 atom stereocenters. The maximum Gasteiger partial charge on any atom is 0.433 e. The van der Waals surface area contributed by atoms with E-state index in [9.17, 15) is 23.1 Å². The number of hydrogen-bond donors (Lipinski definition) is 1. The molecule has 0 bridgehead atoms. The number of carbonyl (C=O) groups excluding carboxylic acids is 1. The molecule has 1 saturated heterocycles. The minimum absolute atomic E-state index is 0.178. The molecule has 2 aromatic heterocycles. The van der Waals surface area contributed by atoms with E-state index in [-0.39, 0.29) is 11.6 Å². The van der Waals surface area contributed by atoms with Crippen molar-refractivity contribution in [1.29, 1.82) is 0 Å². The Bertz CT molecular complexity index is 1030. The number of halogens is 3. The SMILES string of the molecule is C=C/C=C(\C=C/C)C1(O)CCN(C(=O)c2ccc(-c3cc(C(F)(F)F)n(C)n3)s2)CC1. The second-order valence-corrected chi connectivity index (χ2v) is 8.47. The van der Waals surface area contributed by atoms with Crippen LogP contribution in [0.1, 0.15) is 35.1 Å². The molecule has 1 aliphatic heterocycles. The highest BCUT2D eigenvalue weighted by molar-refractivity contribution is 7.17. The number of aryl methyl sites for hydroxylation is 1. The fourth-order valence-electron chi connectivity index (χ4n) is 3.64. The van der Waals surface area contributed by atoms with Gasteiger partial charge in [0, 0.05) is 20.1 Å². The van der Waals surface area contributed by atoms with Crippen molar-refractivity contribution in [3.8, 4) is 10.6 Å². The van der Waals surface area contributed by atoms with Gasteiger partial charge in [0.2, 0.25) is 0 Å². The molecule has 166 valence electrons. The van der Waals surface area contributed by atoms with Crippen molar-refractivity contribution >= 4 is 17.2 Å². The summed E-state index contributed by atoms with van der Waals surface area (Å²) >= 11 is 1.11. The maximum atomic E-state index is 13.0. The fourth-order valence-corrected chi connectivity index (χ4v) is 4.57. The molecule has 2 aromatic rings. The first kappa shape index (κ1) is 23.0. The number of hydrogen-bond acceptors (Lipinski definition) is 4. The van der Waals surface area contributed by atoms with Gasteiger partial charge in [0.15, 0.2) is 0 Å². The molecule has 5 nitrogen and oxygen atoms in total. The third-order valence-electron chi connectivity index (χ3n) is 5.30. The summed E-state index contributed by atoms with van der Waals surface area (Å²) in [4.78, 5) is 15.5. The molecule has 3 rings (SSSR count). The Kier molecular flexibility index (Phi) is 6.56. The summed E-state index contributed by atoms with van der Waals surface area (Å²) < 4.78 is 39.8. The molecule has 1 amide bonds. The van der Waals surface area contributed by atoms with Gasteiger partial charge in [0.1, 0.15) is 11.4 Å². The Hall–Kier alpha value is -2.65. The number of carbonyl (C=O) groups is 1. The quantitative estimate of drug-likeness (QED) is 0.663. The lowest BCUT2D eigenvalue weighted by atomic mass is 9.83. The maximum absolute atomic E-state index is 13.0. The van der Waals surface area contributed by atoms with Gasteiger partial charge in [-0.2, -0.15) is 18.3 Å². The van der Waals surface area contributed by atoms with E-state index < -0.39 is 17.5 Å². The summed E-state index contributed by atoms with van der Waals surface area (Å²) in [5.74, 6) is -0.203. The van der Waals surface area contributed by atoms with Gasteiger partial charge in [-0.05, 0) is 43.5 Å². The number of thiophene rings is 1. The van der Waals surface area contributed by atoms with Crippen LogP contribution in [0, 0.1) is 0 Å². The first-order chi connectivity index (χ1) is 14.6. The Morgan fingerprint density at radius 3 is 2.55 bits per heavy atom. The van der Waals surface area contributed by atoms with Gasteiger partial charge < -0.3 is 10.0 Å². The fraction of sp³-hybridized carbons (Fsp3) is 0.364. The number of allylic oxidation sites excluding steroid dienone is 3. The third-order valence-corrected chi connectivity index (χ3v) is 6.39. The lowest BCUT2D eigenvalue weighted by Crippen LogP contribution is -2.47. The minimum atomic E-state index is -4.49. The van der Waals surface area contributed by atoms with Gasteiger partial charge in [0.05, 0.1) is 15.4 Å². The average Bonchev–Trinajstić information content (AvgIpc) is 3.34. The molecule has 0 spiro atoms. The number of likely N-dealkylation sites (tertiary alicyclic amines) is 1. The molecular formula is C22H24F3N3O2S. The molecule has 1 aliphatic rings. The summed E-state index contributed by atoms with van der Waals surface area (Å²) in [7, 11) is 1.24. The first-order valence-corrected chi connectivity index (χ1v) is 10.6. The van der Waals surface area contributed by atoms with E-state index in [1.165, 1.54) is 7.05 Å². The van der Waals surface area contributed by atoms with Crippen molar-refractivity contribution in [3.05, 3.63) is 65.2 Å². The van der Waals surface area contributed by atoms with Crippen molar-refractivity contribution in [1.82, 2.24) is 14.7 Å². The molecule has 9 heteroatoms. The number of alkyl halides is 3. The Labute approximate surface area is 182 Å². The number of aromatic nitrogens is 2. The van der Waals surface area contributed by atoms with Crippen molar-refractivity contribution in [2.45, 2.75) is 31.5 Å². The average molecular weight is 452 g/mol. The Morgan fingerprint density at radius 2 is 2.00 bits per heavy atom. The normalized spacial score (nSPS) is 17.4. The van der Waals surface area contributed by atoms with Crippen LogP contribution in [-0.4, -0.2) is 44.4 Å². The van der Waals surface area contributed by atoms with Gasteiger partial charge in [-0.25, -0.2) is 0 Å². The molecule has 31 heavy (non-hydrogen) atoms. The van der Waals surface area contributed by atoms with Crippen molar-refractivity contribution in [3.63, 3.8) is 0 Å². The van der Waals surface area contributed by atoms with Crippen LogP contribution in [0.15, 0.2) is 54.7 Å². The smallest absolute Gasteiger partial charge is 0.385 e. The van der Waals surface area contributed by atoms with Gasteiger partial charge in [-0.15, -0.1) is 11.3 Å². The van der Waals surface area contributed by atoms with Gasteiger partial charge >= 0.3 is 6.18 Å². The van der Waals surface area contributed by atoms with Crippen LogP contribution in [0.3, 0.4) is 0 Å². The molecule has 0 radical (unpaired) electrons. The second-order valence-electron chi connectivity index (χ2n) is 7.38. The first-order valence-electron chi connectivity index (χ1n) is 9.78. The number of piperidine rings is 1. The standard InChI is InChI=1S/C22H24F3N3O2S/c1-4-6-15(7-5-2)21(30)10-12-28(13-11-21)20(29)18-9-8-17(31-18)16-14-19(22(23,24)25)27(3)26-16/h4-9,14,30H,1,10-13H2,2-3H3/b7-5-,15-6+. The topological polar surface area (TPSA) is 58.4 Å². The van der Waals surface area contributed by atoms with Crippen molar-refractivity contribution < 1.29 is 23.1 Å². The summed E-state index contributed by atoms with van der Waals surface area (Å²) in [5, 5.41) is 14.9. The van der Waals surface area contributed by atoms with E-state index in [1.54, 1.807) is 29.2 Å². The Balaban J connectivity index is 1.73. The highest BCUT2D eigenvalue weighted by atomic mass is 32.1. The van der Waals surface area contributed by atoms with Crippen LogP contribution in [0.2, 0.25) is 0 Å². The van der Waals surface area contributed by atoms with Crippen LogP contribution in [0.4, 0.5) is 13.2 Å². The zero-order valence-corrected chi connectivity index (χ0v) is 18.1. The summed E-state index contributed by atoms with van der Waals surface area (Å²) in [5.41, 5.74) is -0.938. The molecule has 3 heterocycles. The lowest BCUT2D eigenvalue weighted by Gasteiger charge is -2.39. The summed E-state index contributed by atoms with van der Waals surface area (Å²) in [6.07, 6.45) is 3.36. The largest absolute Gasteiger partial charge is 0.433 e. The highest BCUT2D eigenvalue weighted by Gasteiger charge is 2.37. The molecule has 1 fully saturated rings. The number of nitrogens with zero attached hydrogens (tertiary/aromatic N) is 3. The van der Waals surface area contributed by atoms with Crippen molar-refractivity contribution in [2.24, 2.45) is 7.05 Å². The summed E-state index contributed by atoms with van der Waals surface area (Å²) in [6, 6.07) is 4.20. The van der Waals surface area contributed by atoms with E-state index in [2.05, 4.69) is 11.7 Å². The molecular weight excluding hydrogens is 427 g/mol. The van der Waals surface area contributed by atoms with E-state index in [0.29, 0.717) is 35.7 Å². The Morgan fingerprint density at radius 1 is 1.32 bits per heavy atom. The van der Waals surface area contributed by atoms with E-state index in [4.69, 9.17) is 0 Å². The minimum Gasteiger partial charge on any atom is -0.385 e. The zero-order valence-electron chi connectivity index (χ0n) is 17.3. The molecule has 0 aliphatic carbocycles. The van der Waals surface area contributed by atoms with Crippen LogP contribution >= 0.6 is 11.3 Å². The lowest BCUT2D eigenvalue weighted by molar-refractivity contribution is -0.143. The number of rotatable bonds is 5. The molecule has 0 unspecified atom stereocenters. The zero-order chi connectivity index (χ0) is 22.8. The summed E-state index contributed by atoms with van der Waals surface area (Å²) in [6.45, 7) is 6.30. The molecule has 0 aromatic carbocycles. The van der Waals surface area contributed by atoms with Crippen molar-refractivity contribution in [2.75, 3.05) is 13.1 Å². The van der Waals surface area contributed by atoms with E-state index >= 15 is 0 Å². The van der Waals surface area contributed by atoms with Gasteiger partial charge in [-0.3, -0.25) is 9.48 Å².